The molecule has 0 saturated heterocycles. The van der Waals surface area contributed by atoms with E-state index in [1.807, 2.05) is 0 Å². The van der Waals surface area contributed by atoms with Gasteiger partial charge in [0.1, 0.15) is 24.5 Å². The van der Waals surface area contributed by atoms with E-state index >= 15 is 0 Å². The second-order valence-electron chi connectivity index (χ2n) is 3.76. The minimum Gasteiger partial charge on any atom is -0.489 e. The Balaban J connectivity index is 2.08. The van der Waals surface area contributed by atoms with Crippen LogP contribution < -0.4 is 4.74 Å². The molecule has 92 valence electrons. The van der Waals surface area contributed by atoms with Crippen molar-refractivity contribution in [1.29, 1.82) is 0 Å². The minimum absolute atomic E-state index is 0.249. The summed E-state index contributed by atoms with van der Waals surface area (Å²) in [5.41, 5.74) is 1.27. The Morgan fingerprint density at radius 2 is 2.06 bits per heavy atom. The second kappa shape index (κ2) is 5.78. The van der Waals surface area contributed by atoms with E-state index in [0.717, 1.165) is 11.8 Å². The summed E-state index contributed by atoms with van der Waals surface area (Å²) >= 11 is 3.22. The summed E-state index contributed by atoms with van der Waals surface area (Å²) in [7, 11) is 0. The lowest BCUT2D eigenvalue weighted by atomic mass is 10.2. The maximum absolute atomic E-state index is 13.1. The zero-order chi connectivity index (χ0) is 13.0. The van der Waals surface area contributed by atoms with Crippen LogP contribution in [0, 0.1) is 5.82 Å². The van der Waals surface area contributed by atoms with Gasteiger partial charge in [-0.25, -0.2) is 4.39 Å². The molecule has 2 rings (SSSR count). The van der Waals surface area contributed by atoms with Crippen molar-refractivity contribution in [2.24, 2.45) is 0 Å². The highest BCUT2D eigenvalue weighted by atomic mass is 79.9. The molecule has 0 fully saturated rings. The largest absolute Gasteiger partial charge is 0.489 e. The summed E-state index contributed by atoms with van der Waals surface area (Å²) in [5, 5.41) is 0. The Kier molecular flexibility index (Phi) is 4.10. The fraction of sp³-hybridized carbons (Fsp3) is 0.0714. The summed E-state index contributed by atoms with van der Waals surface area (Å²) in [6, 6.07) is 11.4. The lowest BCUT2D eigenvalue weighted by Gasteiger charge is -2.07. The first-order valence-electron chi connectivity index (χ1n) is 5.30. The first-order valence-corrected chi connectivity index (χ1v) is 6.10. The Morgan fingerprint density at radius 1 is 1.22 bits per heavy atom. The van der Waals surface area contributed by atoms with Crippen molar-refractivity contribution < 1.29 is 13.9 Å². The van der Waals surface area contributed by atoms with E-state index in [4.69, 9.17) is 4.74 Å². The van der Waals surface area contributed by atoms with Crippen LogP contribution in [0.25, 0.3) is 0 Å². The molecule has 2 aromatic carbocycles. The molecule has 0 radical (unpaired) electrons. The van der Waals surface area contributed by atoms with E-state index in [1.54, 1.807) is 30.3 Å². The maximum atomic E-state index is 13.1. The third kappa shape index (κ3) is 3.40. The smallest absolute Gasteiger partial charge is 0.150 e. The zero-order valence-electron chi connectivity index (χ0n) is 9.40. The highest BCUT2D eigenvalue weighted by Crippen LogP contribution is 2.18. The maximum Gasteiger partial charge on any atom is 0.150 e. The summed E-state index contributed by atoms with van der Waals surface area (Å²) in [6.45, 7) is 0.249. The molecule has 0 amide bonds. The van der Waals surface area contributed by atoms with E-state index in [2.05, 4.69) is 15.9 Å². The van der Waals surface area contributed by atoms with Gasteiger partial charge in [-0.15, -0.1) is 0 Å². The molecular formula is C14H10BrFO2. The van der Waals surface area contributed by atoms with Crippen molar-refractivity contribution in [2.75, 3.05) is 0 Å². The van der Waals surface area contributed by atoms with Crippen molar-refractivity contribution >= 4 is 22.2 Å². The number of hydrogen-bond acceptors (Lipinski definition) is 2. The van der Waals surface area contributed by atoms with E-state index < -0.39 is 0 Å². The first-order chi connectivity index (χ1) is 8.67. The monoisotopic (exact) mass is 308 g/mol. The molecule has 2 aromatic rings. The topological polar surface area (TPSA) is 26.3 Å². The predicted molar refractivity (Wildman–Crippen MR) is 70.3 cm³/mol. The van der Waals surface area contributed by atoms with Crippen LogP contribution >= 0.6 is 15.9 Å². The summed E-state index contributed by atoms with van der Waals surface area (Å²) in [4.78, 5) is 10.6. The van der Waals surface area contributed by atoms with Gasteiger partial charge < -0.3 is 4.74 Å². The lowest BCUT2D eigenvalue weighted by Crippen LogP contribution is -1.96. The van der Waals surface area contributed by atoms with E-state index in [9.17, 15) is 9.18 Å². The van der Waals surface area contributed by atoms with Crippen LogP contribution in [0.3, 0.4) is 0 Å². The van der Waals surface area contributed by atoms with Gasteiger partial charge in [0, 0.05) is 10.0 Å². The number of aldehydes is 1. The highest BCUT2D eigenvalue weighted by molar-refractivity contribution is 9.10. The third-order valence-corrected chi connectivity index (χ3v) is 2.78. The van der Waals surface area contributed by atoms with E-state index in [1.165, 1.54) is 12.1 Å². The molecule has 4 heteroatoms. The van der Waals surface area contributed by atoms with Crippen LogP contribution in [0.4, 0.5) is 4.39 Å². The van der Waals surface area contributed by atoms with Crippen LogP contribution in [-0.2, 0) is 6.61 Å². The summed E-state index contributed by atoms with van der Waals surface area (Å²) in [6.07, 6.45) is 0.756. The molecule has 0 saturated carbocycles. The Labute approximate surface area is 113 Å². The van der Waals surface area contributed by atoms with Crippen molar-refractivity contribution in [3.8, 4) is 5.75 Å². The van der Waals surface area contributed by atoms with Crippen LogP contribution in [0.1, 0.15) is 15.9 Å². The number of hydrogen-bond donors (Lipinski definition) is 0. The third-order valence-electron chi connectivity index (χ3n) is 2.32. The molecule has 0 aliphatic rings. The number of carbonyl (C=O) groups is 1. The molecule has 2 nitrogen and oxygen atoms in total. The molecule has 0 aliphatic carbocycles. The number of benzene rings is 2. The normalized spacial score (nSPS) is 10.1. The summed E-state index contributed by atoms with van der Waals surface area (Å²) < 4.78 is 19.3. The van der Waals surface area contributed by atoms with Crippen molar-refractivity contribution in [3.05, 3.63) is 63.9 Å². The molecular weight excluding hydrogens is 299 g/mol. The quantitative estimate of drug-likeness (QED) is 0.799. The number of halogens is 2. The van der Waals surface area contributed by atoms with Gasteiger partial charge in [0.05, 0.1) is 0 Å². The molecule has 18 heavy (non-hydrogen) atoms. The van der Waals surface area contributed by atoms with Gasteiger partial charge in [0.15, 0.2) is 0 Å². The molecule has 0 atom stereocenters. The molecule has 0 aliphatic heterocycles. The zero-order valence-corrected chi connectivity index (χ0v) is 11.0. The molecule has 0 spiro atoms. The lowest BCUT2D eigenvalue weighted by molar-refractivity contribution is 0.112. The van der Waals surface area contributed by atoms with Gasteiger partial charge in [0.25, 0.3) is 0 Å². The van der Waals surface area contributed by atoms with E-state index in [-0.39, 0.29) is 12.4 Å². The van der Waals surface area contributed by atoms with Gasteiger partial charge in [-0.3, -0.25) is 4.79 Å². The Hall–Kier alpha value is -1.68. The number of rotatable bonds is 4. The molecule has 0 aromatic heterocycles. The average molecular weight is 309 g/mol. The molecule has 0 unspecified atom stereocenters. The van der Waals surface area contributed by atoms with Crippen LogP contribution in [0.2, 0.25) is 0 Å². The van der Waals surface area contributed by atoms with Gasteiger partial charge in [-0.2, -0.15) is 0 Å². The molecule has 0 N–H and O–H groups in total. The van der Waals surface area contributed by atoms with Gasteiger partial charge in [-0.1, -0.05) is 28.1 Å². The van der Waals surface area contributed by atoms with Crippen LogP contribution in [0.15, 0.2) is 46.9 Å². The van der Waals surface area contributed by atoms with Crippen LogP contribution in [-0.4, -0.2) is 6.29 Å². The SMILES string of the molecule is O=Cc1cccc(OCc2cc(F)cc(Br)c2)c1. The average Bonchev–Trinajstić information content (AvgIpc) is 2.35. The second-order valence-corrected chi connectivity index (χ2v) is 4.67. The fourth-order valence-corrected chi connectivity index (χ4v) is 2.05. The number of carbonyl (C=O) groups excluding carboxylic acids is 1. The van der Waals surface area contributed by atoms with Gasteiger partial charge >= 0.3 is 0 Å². The molecule has 0 heterocycles. The summed E-state index contributed by atoms with van der Waals surface area (Å²) in [5.74, 6) is 0.268. The Bertz CT molecular complexity index is 549. The highest BCUT2D eigenvalue weighted by Gasteiger charge is 2.01. The Morgan fingerprint density at radius 3 is 2.78 bits per heavy atom. The number of ether oxygens (including phenoxy) is 1. The molecule has 0 bridgehead atoms. The predicted octanol–water partition coefficient (Wildman–Crippen LogP) is 3.98. The van der Waals surface area contributed by atoms with E-state index in [0.29, 0.717) is 15.8 Å². The van der Waals surface area contributed by atoms with Crippen molar-refractivity contribution in [2.45, 2.75) is 6.61 Å². The fourth-order valence-electron chi connectivity index (χ4n) is 1.54. The van der Waals surface area contributed by atoms with Gasteiger partial charge in [-0.05, 0) is 35.9 Å². The first kappa shape index (κ1) is 12.8. The van der Waals surface area contributed by atoms with Gasteiger partial charge in [0.2, 0.25) is 0 Å². The van der Waals surface area contributed by atoms with Crippen molar-refractivity contribution in [3.63, 3.8) is 0 Å². The van der Waals surface area contributed by atoms with Crippen molar-refractivity contribution in [1.82, 2.24) is 0 Å². The minimum atomic E-state index is -0.315. The standard InChI is InChI=1S/C14H10BrFO2/c15-12-4-11(5-13(16)7-12)9-18-14-3-1-2-10(6-14)8-17/h1-8H,9H2. The van der Waals surface area contributed by atoms with Crippen LogP contribution in [0.5, 0.6) is 5.75 Å².